The Morgan fingerprint density at radius 3 is 2.53 bits per heavy atom. The number of piperidine rings is 1. The highest BCUT2D eigenvalue weighted by atomic mass is 35.5. The Hall–Kier alpha value is -7.89. The number of likely N-dealkylation sites (N-methyl/N-ethyl adjacent to an activating group) is 1. The van der Waals surface area contributed by atoms with Crippen LogP contribution in [0.3, 0.4) is 0 Å². The third kappa shape index (κ3) is 10.6. The summed E-state index contributed by atoms with van der Waals surface area (Å²) in [5, 5.41) is 20.1. The number of nitriles is 1. The second kappa shape index (κ2) is 21.5. The fraction of sp³-hybridized carbons (Fsp3) is 0.370. The first kappa shape index (κ1) is 50.6. The van der Waals surface area contributed by atoms with Crippen molar-refractivity contribution < 1.29 is 42.2 Å². The third-order valence-electron chi connectivity index (χ3n) is 14.7. The van der Waals surface area contributed by atoms with Crippen LogP contribution in [0, 0.1) is 23.0 Å². The summed E-state index contributed by atoms with van der Waals surface area (Å²) in [6.07, 6.45) is 3.03. The van der Waals surface area contributed by atoms with E-state index in [4.69, 9.17) is 31.0 Å². The van der Waals surface area contributed by atoms with Gasteiger partial charge in [0, 0.05) is 91.6 Å². The number of halogens is 3. The van der Waals surface area contributed by atoms with Gasteiger partial charge in [-0.05, 0) is 74.0 Å². The molecule has 0 radical (unpaired) electrons. The molecule has 3 N–H and O–H groups in total. The Morgan fingerprint density at radius 1 is 0.933 bits per heavy atom. The number of piperazine rings is 1. The van der Waals surface area contributed by atoms with Crippen molar-refractivity contribution in [2.24, 2.45) is 0 Å². The third-order valence-corrected chi connectivity index (χ3v) is 15.0. The second-order valence-corrected chi connectivity index (χ2v) is 19.9. The van der Waals surface area contributed by atoms with Crippen LogP contribution in [0.15, 0.2) is 78.9 Å². The maximum atomic E-state index is 14.7. The van der Waals surface area contributed by atoms with Gasteiger partial charge in [-0.2, -0.15) is 15.2 Å². The number of urea groups is 1. The minimum absolute atomic E-state index is 0.00657. The second-order valence-electron chi connectivity index (χ2n) is 19.4. The van der Waals surface area contributed by atoms with E-state index in [1.807, 2.05) is 30.3 Å². The van der Waals surface area contributed by atoms with Crippen LogP contribution < -0.4 is 35.2 Å². The molecule has 4 aromatic carbocycles. The molecule has 10 rings (SSSR count). The summed E-state index contributed by atoms with van der Waals surface area (Å²) in [7, 11) is 2.08. The molecular weight excluding hydrogens is 988 g/mol. The van der Waals surface area contributed by atoms with Gasteiger partial charge in [0.15, 0.2) is 11.6 Å². The lowest BCUT2D eigenvalue weighted by molar-refractivity contribution is -0.137. The number of nitrogens with zero attached hydrogens (tertiary/aromatic N) is 8. The number of hydrogen-bond donors (Lipinski definition) is 3. The molecule has 3 saturated heterocycles. The van der Waals surface area contributed by atoms with E-state index < -0.39 is 48.2 Å². The Kier molecular flexibility index (Phi) is 14.5. The zero-order valence-corrected chi connectivity index (χ0v) is 41.9. The number of nitrogens with one attached hydrogen (secondary N) is 3. The molecule has 6 heterocycles. The van der Waals surface area contributed by atoms with Gasteiger partial charge in [-0.1, -0.05) is 54.6 Å². The molecule has 75 heavy (non-hydrogen) atoms. The number of carbonyl (C=O) groups excluding carboxylic acids is 5. The minimum atomic E-state index is -1.26. The van der Waals surface area contributed by atoms with Crippen LogP contribution >= 0.6 is 11.6 Å². The molecule has 0 aliphatic carbocycles. The number of imide groups is 1. The molecule has 6 amide bonds. The Labute approximate surface area is 436 Å². The van der Waals surface area contributed by atoms with Crippen LogP contribution in [0.25, 0.3) is 10.8 Å². The first-order valence-electron chi connectivity index (χ1n) is 24.9. The predicted octanol–water partition coefficient (Wildman–Crippen LogP) is 6.25. The average molecular weight is 1040 g/mol. The van der Waals surface area contributed by atoms with Crippen LogP contribution in [0.4, 0.5) is 30.8 Å². The summed E-state index contributed by atoms with van der Waals surface area (Å²) in [4.78, 5) is 84.2. The van der Waals surface area contributed by atoms with Gasteiger partial charge >= 0.3 is 12.0 Å². The molecule has 0 saturated carbocycles. The van der Waals surface area contributed by atoms with E-state index in [0.29, 0.717) is 60.2 Å². The van der Waals surface area contributed by atoms with Gasteiger partial charge in [-0.25, -0.2) is 13.6 Å². The molecule has 0 bridgehead atoms. The van der Waals surface area contributed by atoms with Gasteiger partial charge in [-0.15, -0.1) is 0 Å². The molecule has 3 atom stereocenters. The number of carbonyl (C=O) groups is 5. The largest absolute Gasteiger partial charge is 0.486 e. The number of rotatable bonds is 14. The van der Waals surface area contributed by atoms with Gasteiger partial charge in [0.1, 0.15) is 30.8 Å². The molecule has 3 fully saturated rings. The van der Waals surface area contributed by atoms with E-state index in [9.17, 15) is 38.0 Å². The predicted molar refractivity (Wildman–Crippen MR) is 274 cm³/mol. The fourth-order valence-corrected chi connectivity index (χ4v) is 11.0. The number of amides is 6. The van der Waals surface area contributed by atoms with Crippen LogP contribution in [-0.2, 0) is 40.4 Å². The van der Waals surface area contributed by atoms with Crippen LogP contribution in [0.2, 0.25) is 5.02 Å². The van der Waals surface area contributed by atoms with Gasteiger partial charge in [0.2, 0.25) is 11.8 Å². The molecule has 388 valence electrons. The van der Waals surface area contributed by atoms with Crippen LogP contribution in [0.1, 0.15) is 64.8 Å². The van der Waals surface area contributed by atoms with Gasteiger partial charge in [-0.3, -0.25) is 24.5 Å². The Morgan fingerprint density at radius 2 is 1.75 bits per heavy atom. The monoisotopic (exact) mass is 1040 g/mol. The van der Waals surface area contributed by atoms with E-state index in [1.54, 1.807) is 23.1 Å². The summed E-state index contributed by atoms with van der Waals surface area (Å²) >= 11 is 6.78. The van der Waals surface area contributed by atoms with Crippen molar-refractivity contribution in [3.63, 3.8) is 0 Å². The Balaban J connectivity index is 0.794. The molecular formula is C54H54ClF2N11O7. The highest BCUT2D eigenvalue weighted by Crippen LogP contribution is 2.38. The van der Waals surface area contributed by atoms with E-state index in [-0.39, 0.29) is 86.3 Å². The summed E-state index contributed by atoms with van der Waals surface area (Å²) in [6, 6.07) is 19.0. The van der Waals surface area contributed by atoms with E-state index in [0.717, 1.165) is 59.2 Å². The van der Waals surface area contributed by atoms with Crippen molar-refractivity contribution >= 4 is 69.2 Å². The number of hydrogen-bond acceptors (Lipinski definition) is 13. The standard InChI is InChI=1S/C54H54ClF2N11O7/c1-31(29-74-46-24-41(57)40(56)23-42(46)60-53(73)59-25-32-11-12-37-34(22-32)26-68(52(37)72)45-13-14-47(69)62-50(45)70)51(71)67-21-20-66(27-35(67)15-17-58)49-38-16-19-65(44-10-4-7-33-6-3-9-39(55)48(33)44)28-43(38)61-54(63-49)75-30-36-8-5-18-64(36)2/h3-4,6-7,9-12,22-24,35-36,45H,1,5,8,13-16,18-21,25-30H2,2H3,(H2,59,60,73)(H,62,69,70)/t35-,36-,45?/m0/s1. The first-order chi connectivity index (χ1) is 36.2. The zero-order valence-electron chi connectivity index (χ0n) is 41.2. The highest BCUT2D eigenvalue weighted by Gasteiger charge is 2.40. The van der Waals surface area contributed by atoms with Gasteiger partial charge in [0.05, 0.1) is 41.5 Å². The average Bonchev–Trinajstić information content (AvgIpc) is 3.97. The zero-order chi connectivity index (χ0) is 52.5. The molecule has 0 spiro atoms. The number of anilines is 3. The molecule has 18 nitrogen and oxygen atoms in total. The van der Waals surface area contributed by atoms with Crippen LogP contribution in [0.5, 0.6) is 11.8 Å². The maximum Gasteiger partial charge on any atom is 0.319 e. The topological polar surface area (TPSA) is 206 Å². The lowest BCUT2D eigenvalue weighted by atomic mass is 10.0. The Bertz CT molecular complexity index is 3190. The number of aromatic nitrogens is 2. The molecule has 1 aromatic heterocycles. The quantitative estimate of drug-likeness (QED) is 0.0833. The molecule has 5 aromatic rings. The van der Waals surface area contributed by atoms with Crippen molar-refractivity contribution in [2.45, 2.75) is 76.3 Å². The lowest BCUT2D eigenvalue weighted by Crippen LogP contribution is -2.56. The van der Waals surface area contributed by atoms with Crippen molar-refractivity contribution in [3.8, 4) is 17.8 Å². The van der Waals surface area contributed by atoms with E-state index in [2.05, 4.69) is 56.4 Å². The smallest absolute Gasteiger partial charge is 0.319 e. The molecule has 21 heteroatoms. The number of fused-ring (bicyclic) bond motifs is 3. The van der Waals surface area contributed by atoms with Crippen LogP contribution in [-0.4, -0.2) is 125 Å². The fourth-order valence-electron chi connectivity index (χ4n) is 10.7. The SMILES string of the molecule is C=C(COc1cc(F)c(F)cc1NC(=O)NCc1ccc2c(c1)CN(C1CCC(=O)NC1=O)C2=O)C(=O)N1CCN(c2nc(OC[C@@H]3CCCN3C)nc3c2CCN(c2cccc4cccc(Cl)c24)C3)C[C@@H]1CC#N. The van der Waals surface area contributed by atoms with E-state index >= 15 is 0 Å². The summed E-state index contributed by atoms with van der Waals surface area (Å²) < 4.78 is 41.5. The molecule has 1 unspecified atom stereocenters. The normalized spacial score (nSPS) is 19.6. The van der Waals surface area contributed by atoms with Crippen molar-refractivity contribution in [2.75, 3.05) is 68.1 Å². The summed E-state index contributed by atoms with van der Waals surface area (Å²) in [5.41, 5.74) is 4.17. The van der Waals surface area contributed by atoms with Crippen molar-refractivity contribution in [3.05, 3.63) is 123 Å². The lowest BCUT2D eigenvalue weighted by Gasteiger charge is -2.42. The summed E-state index contributed by atoms with van der Waals surface area (Å²) in [5.74, 6) is -3.85. The first-order valence-corrected chi connectivity index (χ1v) is 25.3. The van der Waals surface area contributed by atoms with Gasteiger partial charge < -0.3 is 44.6 Å². The van der Waals surface area contributed by atoms with Crippen molar-refractivity contribution in [1.29, 1.82) is 5.26 Å². The number of benzene rings is 4. The number of likely N-dealkylation sites (tertiary alicyclic amines) is 1. The van der Waals surface area contributed by atoms with Gasteiger partial charge in [0.25, 0.3) is 11.8 Å². The van der Waals surface area contributed by atoms with E-state index in [1.165, 1.54) is 4.90 Å². The molecule has 5 aliphatic heterocycles. The minimum Gasteiger partial charge on any atom is -0.486 e. The maximum absolute atomic E-state index is 14.7. The highest BCUT2D eigenvalue weighted by molar-refractivity contribution is 6.36. The number of ether oxygens (including phenoxy) is 2. The van der Waals surface area contributed by atoms with Crippen molar-refractivity contribution in [1.82, 2.24) is 35.3 Å². The molecule has 5 aliphatic rings. The summed E-state index contributed by atoms with van der Waals surface area (Å²) in [6.45, 7) is 6.99.